The van der Waals surface area contributed by atoms with Gasteiger partial charge in [-0.15, -0.1) is 0 Å². The molecule has 0 aromatic heterocycles. The molecule has 7 heteroatoms. The third-order valence-electron chi connectivity index (χ3n) is 3.05. The maximum Gasteiger partial charge on any atom is 0.425 e. The predicted octanol–water partition coefficient (Wildman–Crippen LogP) is -3.89. The molecule has 98 valence electrons. The summed E-state index contributed by atoms with van der Waals surface area (Å²) in [6.07, 6.45) is 0.306. The zero-order valence-electron chi connectivity index (χ0n) is 10.1. The summed E-state index contributed by atoms with van der Waals surface area (Å²) < 4.78 is 0. The number of hydrogen-bond acceptors (Lipinski definition) is 3. The Labute approximate surface area is 110 Å². The van der Waals surface area contributed by atoms with E-state index in [4.69, 9.17) is 5.11 Å². The van der Waals surface area contributed by atoms with E-state index in [1.54, 1.807) is 20.9 Å². The summed E-state index contributed by atoms with van der Waals surface area (Å²) in [6, 6.07) is -0.277. The molecule has 1 rings (SSSR count). The molecule has 1 heterocycles. The number of quaternary nitrogens is 1. The largest absolute Gasteiger partial charge is 1.00 e. The third kappa shape index (κ3) is 3.04. The zero-order valence-corrected chi connectivity index (χ0v) is 11.7. The normalized spacial score (nSPS) is 22.5. The minimum Gasteiger partial charge on any atom is -1.00 e. The van der Waals surface area contributed by atoms with Crippen LogP contribution in [0.3, 0.4) is 0 Å². The Balaban J connectivity index is 0.00000256. The first-order chi connectivity index (χ1) is 7.28. The van der Waals surface area contributed by atoms with E-state index in [0.29, 0.717) is 6.42 Å². The number of urea groups is 1. The van der Waals surface area contributed by atoms with Crippen LogP contribution in [0.25, 0.3) is 0 Å². The Morgan fingerprint density at radius 1 is 1.41 bits per heavy atom. The fourth-order valence-corrected chi connectivity index (χ4v) is 1.71. The molecule has 1 fully saturated rings. The molecule has 0 bridgehead atoms. The first-order valence-electron chi connectivity index (χ1n) is 5.19. The molecule has 1 aliphatic heterocycles. The lowest BCUT2D eigenvalue weighted by Gasteiger charge is -2.18. The van der Waals surface area contributed by atoms with Gasteiger partial charge in [-0.25, -0.2) is 9.59 Å². The number of carbonyl (C=O) groups excluding carboxylic acids is 2. The second-order valence-corrected chi connectivity index (χ2v) is 4.48. The summed E-state index contributed by atoms with van der Waals surface area (Å²) in [4.78, 5) is 35.6. The van der Waals surface area contributed by atoms with E-state index in [1.807, 2.05) is 0 Å². The SMILES string of the molecule is CN1C(=O)[NH+](CCCC(=O)O)C(=O)C1(C)C.[Br-]. The molecule has 0 aromatic rings. The zero-order chi connectivity index (χ0) is 12.5. The van der Waals surface area contributed by atoms with Crippen LogP contribution in [0.5, 0.6) is 0 Å². The van der Waals surface area contributed by atoms with Crippen molar-refractivity contribution in [3.8, 4) is 0 Å². The van der Waals surface area contributed by atoms with E-state index in [9.17, 15) is 14.4 Å². The molecule has 1 aliphatic rings. The number of nitrogens with one attached hydrogen (secondary N) is 1. The molecule has 0 aliphatic carbocycles. The molecular formula is C10H17BrN2O4. The number of carboxylic acids is 1. The van der Waals surface area contributed by atoms with Gasteiger partial charge >= 0.3 is 17.9 Å². The van der Waals surface area contributed by atoms with Crippen LogP contribution < -0.4 is 21.9 Å². The molecule has 6 nitrogen and oxygen atoms in total. The van der Waals surface area contributed by atoms with Crippen molar-refractivity contribution < 1.29 is 41.4 Å². The van der Waals surface area contributed by atoms with Crippen molar-refractivity contribution in [2.45, 2.75) is 32.2 Å². The van der Waals surface area contributed by atoms with E-state index in [1.165, 1.54) is 4.90 Å². The van der Waals surface area contributed by atoms with Gasteiger partial charge in [0.1, 0.15) is 0 Å². The minimum atomic E-state index is -0.911. The number of likely N-dealkylation sites (N-methyl/N-ethyl adjacent to an activating group) is 1. The Morgan fingerprint density at radius 3 is 2.29 bits per heavy atom. The van der Waals surface area contributed by atoms with Crippen molar-refractivity contribution in [2.75, 3.05) is 13.6 Å². The van der Waals surface area contributed by atoms with Crippen LogP contribution in [0, 0.1) is 0 Å². The molecule has 1 atom stereocenters. The molecule has 0 radical (unpaired) electrons. The number of nitrogens with zero attached hydrogens (tertiary/aromatic N) is 1. The van der Waals surface area contributed by atoms with Crippen molar-refractivity contribution in [3.05, 3.63) is 0 Å². The highest BCUT2D eigenvalue weighted by atomic mass is 79.9. The van der Waals surface area contributed by atoms with Crippen LogP contribution in [0.1, 0.15) is 26.7 Å². The molecule has 1 unspecified atom stereocenters. The fourth-order valence-electron chi connectivity index (χ4n) is 1.71. The maximum atomic E-state index is 11.9. The number of imide groups is 1. The highest BCUT2D eigenvalue weighted by Crippen LogP contribution is 2.14. The Hall–Kier alpha value is -0.950. The minimum absolute atomic E-state index is 0. The number of amides is 3. The summed E-state index contributed by atoms with van der Waals surface area (Å²) in [5.41, 5.74) is -0.796. The molecule has 0 saturated carbocycles. The van der Waals surface area contributed by atoms with Gasteiger partial charge in [0.25, 0.3) is 0 Å². The first-order valence-corrected chi connectivity index (χ1v) is 5.19. The third-order valence-corrected chi connectivity index (χ3v) is 3.05. The van der Waals surface area contributed by atoms with Crippen LogP contribution in [0.2, 0.25) is 0 Å². The van der Waals surface area contributed by atoms with Crippen molar-refractivity contribution in [1.29, 1.82) is 0 Å². The van der Waals surface area contributed by atoms with Gasteiger partial charge in [-0.05, 0) is 13.8 Å². The lowest BCUT2D eigenvalue weighted by Crippen LogP contribution is -3.15. The summed E-state index contributed by atoms with van der Waals surface area (Å²) in [5, 5.41) is 8.48. The van der Waals surface area contributed by atoms with Gasteiger partial charge in [0.15, 0.2) is 5.54 Å². The van der Waals surface area contributed by atoms with E-state index in [0.717, 1.165) is 0 Å². The van der Waals surface area contributed by atoms with Gasteiger partial charge in [-0.3, -0.25) is 9.69 Å². The van der Waals surface area contributed by atoms with E-state index < -0.39 is 11.5 Å². The number of carboxylic acid groups (broad SMARTS) is 1. The van der Waals surface area contributed by atoms with Gasteiger partial charge < -0.3 is 22.1 Å². The smallest absolute Gasteiger partial charge is 0.425 e. The summed E-state index contributed by atoms with van der Waals surface area (Å²) in [6.45, 7) is 3.63. The first kappa shape index (κ1) is 16.1. The van der Waals surface area contributed by atoms with Crippen LogP contribution >= 0.6 is 0 Å². The second kappa shape index (κ2) is 5.59. The van der Waals surface area contributed by atoms with Gasteiger partial charge in [0.05, 0.1) is 13.0 Å². The predicted molar refractivity (Wildman–Crippen MR) is 54.9 cm³/mol. The Kier molecular flexibility index (Phi) is 5.28. The molecule has 0 aromatic carbocycles. The van der Waals surface area contributed by atoms with Gasteiger partial charge in [-0.2, -0.15) is 4.90 Å². The quantitative estimate of drug-likeness (QED) is 0.521. The highest BCUT2D eigenvalue weighted by molar-refractivity contribution is 5.94. The summed E-state index contributed by atoms with van der Waals surface area (Å²) in [7, 11) is 1.59. The van der Waals surface area contributed by atoms with Crippen LogP contribution in [-0.4, -0.2) is 47.0 Å². The standard InChI is InChI=1S/C10H16N2O4.BrH/c1-10(2)8(15)12(9(16)11(10)3)6-4-5-7(13)14;/h4-6H2,1-3H3,(H,13,14);1H. The number of rotatable bonds is 4. The fraction of sp³-hybridized carbons (Fsp3) is 0.700. The van der Waals surface area contributed by atoms with Crippen molar-refractivity contribution in [1.82, 2.24) is 4.90 Å². The summed E-state index contributed by atoms with van der Waals surface area (Å²) in [5.74, 6) is -1.10. The lowest BCUT2D eigenvalue weighted by molar-refractivity contribution is -0.728. The van der Waals surface area contributed by atoms with Crippen molar-refractivity contribution in [2.24, 2.45) is 0 Å². The molecule has 3 amide bonds. The lowest BCUT2D eigenvalue weighted by atomic mass is 10.1. The van der Waals surface area contributed by atoms with Gasteiger partial charge in [0.2, 0.25) is 0 Å². The Morgan fingerprint density at radius 2 is 1.94 bits per heavy atom. The Bertz CT molecular complexity index is 343. The van der Waals surface area contributed by atoms with E-state index in [-0.39, 0.29) is 46.8 Å². The monoisotopic (exact) mass is 308 g/mol. The van der Waals surface area contributed by atoms with E-state index >= 15 is 0 Å². The molecular weight excluding hydrogens is 292 g/mol. The number of halogens is 1. The molecule has 0 spiro atoms. The average Bonchev–Trinajstić information content (AvgIpc) is 2.32. The second-order valence-electron chi connectivity index (χ2n) is 4.48. The van der Waals surface area contributed by atoms with Crippen LogP contribution in [-0.2, 0) is 9.59 Å². The topological polar surface area (TPSA) is 79.1 Å². The maximum absolute atomic E-state index is 11.9. The number of carbonyl (C=O) groups is 3. The number of hydrogen-bond donors (Lipinski definition) is 2. The van der Waals surface area contributed by atoms with Crippen molar-refractivity contribution in [3.63, 3.8) is 0 Å². The number of aliphatic carboxylic acids is 1. The molecule has 1 saturated heterocycles. The van der Waals surface area contributed by atoms with Gasteiger partial charge in [-0.1, -0.05) is 0 Å². The average molecular weight is 309 g/mol. The molecule has 17 heavy (non-hydrogen) atoms. The van der Waals surface area contributed by atoms with E-state index in [2.05, 4.69) is 0 Å². The molecule has 2 N–H and O–H groups in total. The summed E-state index contributed by atoms with van der Waals surface area (Å²) >= 11 is 0. The van der Waals surface area contributed by atoms with Crippen LogP contribution in [0.4, 0.5) is 4.79 Å². The highest BCUT2D eigenvalue weighted by Gasteiger charge is 2.54. The van der Waals surface area contributed by atoms with Crippen LogP contribution in [0.15, 0.2) is 0 Å². The van der Waals surface area contributed by atoms with Gasteiger partial charge in [0, 0.05) is 13.5 Å². The van der Waals surface area contributed by atoms with Crippen molar-refractivity contribution >= 4 is 17.9 Å².